The molecule has 1 amide bonds. The molecule has 4 nitrogen and oxygen atoms in total. The standard InChI is InChI=1S/C19H30N2O2/c1-16(12-13-17-10-6-5-7-11-17)20-14-8-9-15-21-18(22)23-19(2,3)4/h5-11,16,20H,12-15H2,1-4H3,(H,21,22)/b9-8+. The predicted octanol–water partition coefficient (Wildman–Crippen LogP) is 3.68. The molecule has 0 radical (unpaired) electrons. The van der Waals surface area contributed by atoms with Crippen molar-refractivity contribution in [2.45, 2.75) is 52.2 Å². The van der Waals surface area contributed by atoms with Gasteiger partial charge in [0.2, 0.25) is 0 Å². The normalized spacial score (nSPS) is 13.0. The third kappa shape index (κ3) is 10.5. The van der Waals surface area contributed by atoms with E-state index >= 15 is 0 Å². The maximum atomic E-state index is 11.4. The van der Waals surface area contributed by atoms with Gasteiger partial charge in [0.25, 0.3) is 0 Å². The van der Waals surface area contributed by atoms with Crippen LogP contribution in [-0.4, -0.2) is 30.8 Å². The molecule has 0 bridgehead atoms. The van der Waals surface area contributed by atoms with Crippen LogP contribution in [0.5, 0.6) is 0 Å². The van der Waals surface area contributed by atoms with Crippen molar-refractivity contribution in [2.75, 3.05) is 13.1 Å². The minimum atomic E-state index is -0.455. The molecule has 1 unspecified atom stereocenters. The van der Waals surface area contributed by atoms with Crippen molar-refractivity contribution >= 4 is 6.09 Å². The van der Waals surface area contributed by atoms with Gasteiger partial charge in [-0.3, -0.25) is 0 Å². The summed E-state index contributed by atoms with van der Waals surface area (Å²) >= 11 is 0. The predicted molar refractivity (Wildman–Crippen MR) is 95.6 cm³/mol. The summed E-state index contributed by atoms with van der Waals surface area (Å²) in [6.45, 7) is 9.02. The van der Waals surface area contributed by atoms with Crippen LogP contribution in [0.2, 0.25) is 0 Å². The van der Waals surface area contributed by atoms with Crippen LogP contribution in [0.25, 0.3) is 0 Å². The summed E-state index contributed by atoms with van der Waals surface area (Å²) < 4.78 is 5.16. The largest absolute Gasteiger partial charge is 0.444 e. The fraction of sp³-hybridized carbons (Fsp3) is 0.526. The van der Waals surface area contributed by atoms with Gasteiger partial charge in [0, 0.05) is 19.1 Å². The van der Waals surface area contributed by atoms with Crippen molar-refractivity contribution < 1.29 is 9.53 Å². The second kappa shape index (κ2) is 10.1. The van der Waals surface area contributed by atoms with Gasteiger partial charge < -0.3 is 15.4 Å². The third-order valence-corrected chi connectivity index (χ3v) is 3.22. The molecule has 1 aromatic rings. The number of amides is 1. The Morgan fingerprint density at radius 2 is 1.83 bits per heavy atom. The van der Waals surface area contributed by atoms with Gasteiger partial charge in [-0.1, -0.05) is 42.5 Å². The summed E-state index contributed by atoms with van der Waals surface area (Å²) in [6.07, 6.45) is 5.76. The molecule has 128 valence electrons. The van der Waals surface area contributed by atoms with E-state index in [1.54, 1.807) is 0 Å². The number of nitrogens with one attached hydrogen (secondary N) is 2. The van der Waals surface area contributed by atoms with Crippen LogP contribution in [0.4, 0.5) is 4.79 Å². The van der Waals surface area contributed by atoms with Crippen LogP contribution in [0.3, 0.4) is 0 Å². The third-order valence-electron chi connectivity index (χ3n) is 3.22. The number of carbonyl (C=O) groups excluding carboxylic acids is 1. The first-order valence-corrected chi connectivity index (χ1v) is 8.26. The molecule has 0 saturated carbocycles. The lowest BCUT2D eigenvalue weighted by Crippen LogP contribution is -2.32. The van der Waals surface area contributed by atoms with Gasteiger partial charge >= 0.3 is 6.09 Å². The van der Waals surface area contributed by atoms with E-state index in [1.807, 2.05) is 39.0 Å². The highest BCUT2D eigenvalue weighted by atomic mass is 16.6. The number of carbonyl (C=O) groups is 1. The molecule has 0 fully saturated rings. The van der Waals surface area contributed by atoms with Crippen molar-refractivity contribution in [3.8, 4) is 0 Å². The highest BCUT2D eigenvalue weighted by Gasteiger charge is 2.14. The van der Waals surface area contributed by atoms with Crippen LogP contribution >= 0.6 is 0 Å². The zero-order chi connectivity index (χ0) is 17.1. The van der Waals surface area contributed by atoms with E-state index in [9.17, 15) is 4.79 Å². The minimum Gasteiger partial charge on any atom is -0.444 e. The van der Waals surface area contributed by atoms with Gasteiger partial charge in [-0.2, -0.15) is 0 Å². The van der Waals surface area contributed by atoms with Crippen LogP contribution in [-0.2, 0) is 11.2 Å². The molecule has 23 heavy (non-hydrogen) atoms. The lowest BCUT2D eigenvalue weighted by molar-refractivity contribution is 0.0534. The molecule has 1 atom stereocenters. The van der Waals surface area contributed by atoms with Gasteiger partial charge in [0.05, 0.1) is 0 Å². The zero-order valence-electron chi connectivity index (χ0n) is 14.8. The van der Waals surface area contributed by atoms with Gasteiger partial charge in [-0.25, -0.2) is 4.79 Å². The molecular formula is C19H30N2O2. The number of rotatable bonds is 8. The summed E-state index contributed by atoms with van der Waals surface area (Å²) in [5, 5.41) is 6.15. The fourth-order valence-corrected chi connectivity index (χ4v) is 2.02. The highest BCUT2D eigenvalue weighted by Crippen LogP contribution is 2.06. The lowest BCUT2D eigenvalue weighted by Gasteiger charge is -2.19. The van der Waals surface area contributed by atoms with Gasteiger partial charge in [0.1, 0.15) is 5.60 Å². The van der Waals surface area contributed by atoms with E-state index < -0.39 is 5.60 Å². The molecular weight excluding hydrogens is 288 g/mol. The number of alkyl carbamates (subject to hydrolysis) is 1. The molecule has 0 aliphatic heterocycles. The van der Waals surface area contributed by atoms with E-state index in [0.717, 1.165) is 19.4 Å². The summed E-state index contributed by atoms with van der Waals surface area (Å²) in [7, 11) is 0. The summed E-state index contributed by atoms with van der Waals surface area (Å²) in [5.41, 5.74) is 0.919. The van der Waals surface area contributed by atoms with Gasteiger partial charge in [-0.05, 0) is 46.1 Å². The second-order valence-corrected chi connectivity index (χ2v) is 6.69. The number of hydrogen-bond acceptors (Lipinski definition) is 3. The van der Waals surface area contributed by atoms with Crippen LogP contribution in [0.15, 0.2) is 42.5 Å². The molecule has 1 rings (SSSR count). The Morgan fingerprint density at radius 3 is 2.48 bits per heavy atom. The van der Waals surface area contributed by atoms with Gasteiger partial charge in [-0.15, -0.1) is 0 Å². The Balaban J connectivity index is 2.08. The van der Waals surface area contributed by atoms with E-state index in [-0.39, 0.29) is 6.09 Å². The Kier molecular flexibility index (Phi) is 8.41. The van der Waals surface area contributed by atoms with Crippen molar-refractivity contribution in [3.05, 3.63) is 48.0 Å². The van der Waals surface area contributed by atoms with Crippen molar-refractivity contribution in [3.63, 3.8) is 0 Å². The minimum absolute atomic E-state index is 0.383. The smallest absolute Gasteiger partial charge is 0.407 e. The topological polar surface area (TPSA) is 50.4 Å². The zero-order valence-corrected chi connectivity index (χ0v) is 14.8. The van der Waals surface area contributed by atoms with Crippen LogP contribution in [0, 0.1) is 0 Å². The molecule has 1 aromatic carbocycles. The lowest BCUT2D eigenvalue weighted by atomic mass is 10.1. The van der Waals surface area contributed by atoms with Crippen molar-refractivity contribution in [2.24, 2.45) is 0 Å². The first-order valence-electron chi connectivity index (χ1n) is 8.26. The highest BCUT2D eigenvalue weighted by molar-refractivity contribution is 5.67. The monoisotopic (exact) mass is 318 g/mol. The first kappa shape index (κ1) is 19.2. The Morgan fingerprint density at radius 1 is 1.17 bits per heavy atom. The first-order chi connectivity index (χ1) is 10.9. The number of ether oxygens (including phenoxy) is 1. The molecule has 0 aliphatic rings. The van der Waals surface area contributed by atoms with E-state index in [2.05, 4.69) is 41.8 Å². The van der Waals surface area contributed by atoms with Gasteiger partial charge in [0.15, 0.2) is 0 Å². The quantitative estimate of drug-likeness (QED) is 0.719. The number of aryl methyl sites for hydroxylation is 1. The maximum Gasteiger partial charge on any atom is 0.407 e. The average Bonchev–Trinajstić information content (AvgIpc) is 2.48. The Hall–Kier alpha value is -1.81. The molecule has 0 aromatic heterocycles. The summed E-state index contributed by atoms with van der Waals surface area (Å²) in [6, 6.07) is 11.0. The fourth-order valence-electron chi connectivity index (χ4n) is 2.02. The second-order valence-electron chi connectivity index (χ2n) is 6.69. The van der Waals surface area contributed by atoms with E-state index in [0.29, 0.717) is 12.6 Å². The Labute approximate surface area is 140 Å². The van der Waals surface area contributed by atoms with Crippen LogP contribution in [0.1, 0.15) is 39.7 Å². The van der Waals surface area contributed by atoms with Crippen molar-refractivity contribution in [1.29, 1.82) is 0 Å². The summed E-state index contributed by atoms with van der Waals surface area (Å²) in [5.74, 6) is 0. The number of hydrogen-bond donors (Lipinski definition) is 2. The molecule has 0 aliphatic carbocycles. The van der Waals surface area contributed by atoms with E-state index in [1.165, 1.54) is 5.56 Å². The average molecular weight is 318 g/mol. The van der Waals surface area contributed by atoms with Crippen LogP contribution < -0.4 is 10.6 Å². The SMILES string of the molecule is CC(CCc1ccccc1)NC/C=C/CNC(=O)OC(C)(C)C. The Bertz CT molecular complexity index is 478. The molecule has 0 spiro atoms. The van der Waals surface area contributed by atoms with Crippen molar-refractivity contribution in [1.82, 2.24) is 10.6 Å². The molecule has 2 N–H and O–H groups in total. The van der Waals surface area contributed by atoms with E-state index in [4.69, 9.17) is 4.74 Å². The number of benzene rings is 1. The molecule has 4 heteroatoms. The molecule has 0 saturated heterocycles. The maximum absolute atomic E-state index is 11.4. The molecule has 0 heterocycles. The summed E-state index contributed by atoms with van der Waals surface area (Å²) in [4.78, 5) is 11.4.